The number of fused-ring (bicyclic) bond motifs is 2. The monoisotopic (exact) mass is 531 g/mol. The number of anilines is 1. The summed E-state index contributed by atoms with van der Waals surface area (Å²) in [7, 11) is 0. The highest BCUT2D eigenvalue weighted by atomic mass is 16.6. The zero-order valence-corrected chi connectivity index (χ0v) is 22.6. The third-order valence-electron chi connectivity index (χ3n) is 8.21. The van der Waals surface area contributed by atoms with Gasteiger partial charge in [-0.15, -0.1) is 0 Å². The number of ether oxygens (including phenoxy) is 2. The van der Waals surface area contributed by atoms with Crippen LogP contribution in [0.3, 0.4) is 0 Å². The molecule has 0 bridgehead atoms. The maximum absolute atomic E-state index is 13.8. The second-order valence-electron chi connectivity index (χ2n) is 12.0. The van der Waals surface area contributed by atoms with Crippen LogP contribution in [0.15, 0.2) is 48.5 Å². The van der Waals surface area contributed by atoms with Crippen LogP contribution in [0.1, 0.15) is 61.5 Å². The van der Waals surface area contributed by atoms with Crippen LogP contribution < -0.4 is 4.90 Å². The molecule has 4 aliphatic rings. The molecule has 0 aromatic heterocycles. The highest BCUT2D eigenvalue weighted by Gasteiger charge is 2.57. The van der Waals surface area contributed by atoms with Crippen molar-refractivity contribution in [3.05, 3.63) is 65.2 Å². The third kappa shape index (κ3) is 4.33. The molecule has 1 spiro atoms. The number of hydrogen-bond acceptors (Lipinski definition) is 6. The lowest BCUT2D eigenvalue weighted by Gasteiger charge is -2.35. The van der Waals surface area contributed by atoms with Crippen LogP contribution in [0.5, 0.6) is 0 Å². The minimum Gasteiger partial charge on any atom is -0.449 e. The predicted molar refractivity (Wildman–Crippen MR) is 142 cm³/mol. The van der Waals surface area contributed by atoms with E-state index in [4.69, 9.17) is 9.47 Å². The molecule has 6 rings (SSSR count). The van der Waals surface area contributed by atoms with Crippen LogP contribution >= 0.6 is 0 Å². The minimum atomic E-state index is -0.759. The lowest BCUT2D eigenvalue weighted by Crippen LogP contribution is -2.53. The summed E-state index contributed by atoms with van der Waals surface area (Å²) in [6.07, 6.45) is 1.63. The van der Waals surface area contributed by atoms with E-state index < -0.39 is 22.7 Å². The Balaban J connectivity index is 1.13. The van der Waals surface area contributed by atoms with Gasteiger partial charge < -0.3 is 19.3 Å². The molecule has 1 aliphatic carbocycles. The summed E-state index contributed by atoms with van der Waals surface area (Å²) >= 11 is 0. The smallest absolute Gasteiger partial charge is 0.410 e. The molecule has 204 valence electrons. The Morgan fingerprint density at radius 2 is 1.62 bits per heavy atom. The Kier molecular flexibility index (Phi) is 5.75. The molecule has 0 radical (unpaired) electrons. The largest absolute Gasteiger partial charge is 0.449 e. The van der Waals surface area contributed by atoms with E-state index in [1.165, 1.54) is 4.90 Å². The number of piperazine rings is 1. The number of hydrogen-bond donors (Lipinski definition) is 0. The second kappa shape index (κ2) is 8.83. The van der Waals surface area contributed by atoms with Gasteiger partial charge in [-0.2, -0.15) is 0 Å². The normalized spacial score (nSPS) is 23.6. The highest BCUT2D eigenvalue weighted by molar-refractivity contribution is 5.98. The first kappa shape index (κ1) is 25.4. The number of benzene rings is 2. The van der Waals surface area contributed by atoms with Gasteiger partial charge in [-0.1, -0.05) is 30.3 Å². The summed E-state index contributed by atoms with van der Waals surface area (Å²) in [5.41, 5.74) is 1.18. The fourth-order valence-electron chi connectivity index (χ4n) is 6.05. The first-order valence-corrected chi connectivity index (χ1v) is 13.5. The Hall–Kier alpha value is -3.88. The number of amides is 3. The molecule has 9 heteroatoms. The topological polar surface area (TPSA) is 96.5 Å². The molecule has 9 nitrogen and oxygen atoms in total. The number of carbonyl (C=O) groups is 4. The minimum absolute atomic E-state index is 0.0382. The third-order valence-corrected chi connectivity index (χ3v) is 8.21. The average Bonchev–Trinajstić information content (AvgIpc) is 3.53. The molecule has 1 atom stereocenters. The summed E-state index contributed by atoms with van der Waals surface area (Å²) in [4.78, 5) is 56.4. The summed E-state index contributed by atoms with van der Waals surface area (Å²) < 4.78 is 11.2. The number of carbonyl (C=O) groups excluding carboxylic acids is 4. The molecular formula is C30H33N3O6. The number of rotatable bonds is 3. The second-order valence-corrected chi connectivity index (χ2v) is 12.0. The molecule has 0 unspecified atom stereocenters. The Labute approximate surface area is 227 Å². The summed E-state index contributed by atoms with van der Waals surface area (Å²) in [6.45, 7) is 7.02. The molecule has 0 N–H and O–H groups in total. The van der Waals surface area contributed by atoms with Gasteiger partial charge in [0.15, 0.2) is 5.60 Å². The van der Waals surface area contributed by atoms with Crippen LogP contribution in [-0.4, -0.2) is 72.0 Å². The van der Waals surface area contributed by atoms with E-state index in [0.29, 0.717) is 38.2 Å². The Bertz CT molecular complexity index is 1360. The number of nitrogens with zero attached hydrogens (tertiary/aromatic N) is 3. The van der Waals surface area contributed by atoms with E-state index in [0.717, 1.165) is 29.7 Å². The maximum Gasteiger partial charge on any atom is 0.410 e. The highest BCUT2D eigenvalue weighted by Crippen LogP contribution is 2.52. The van der Waals surface area contributed by atoms with Crippen LogP contribution in [0.25, 0.3) is 0 Å². The Morgan fingerprint density at radius 3 is 2.28 bits per heavy atom. The number of esters is 1. The van der Waals surface area contributed by atoms with E-state index in [1.54, 1.807) is 31.7 Å². The van der Waals surface area contributed by atoms with E-state index in [9.17, 15) is 19.2 Å². The van der Waals surface area contributed by atoms with Gasteiger partial charge >= 0.3 is 12.1 Å². The lowest BCUT2D eigenvalue weighted by molar-refractivity contribution is -0.134. The fraction of sp³-hybridized carbons (Fsp3) is 0.467. The maximum atomic E-state index is 13.8. The van der Waals surface area contributed by atoms with Gasteiger partial charge in [-0.3, -0.25) is 14.5 Å². The lowest BCUT2D eigenvalue weighted by atomic mass is 9.91. The molecular weight excluding hydrogens is 498 g/mol. The van der Waals surface area contributed by atoms with Crippen molar-refractivity contribution in [3.8, 4) is 0 Å². The van der Waals surface area contributed by atoms with Gasteiger partial charge in [-0.05, 0) is 57.4 Å². The van der Waals surface area contributed by atoms with Crippen molar-refractivity contribution in [2.75, 3.05) is 37.6 Å². The van der Waals surface area contributed by atoms with E-state index in [-0.39, 0.29) is 24.3 Å². The van der Waals surface area contributed by atoms with Crippen LogP contribution in [0.2, 0.25) is 0 Å². The molecule has 3 aliphatic heterocycles. The van der Waals surface area contributed by atoms with E-state index in [2.05, 4.69) is 0 Å². The summed E-state index contributed by atoms with van der Waals surface area (Å²) in [6, 6.07) is 15.1. The molecule has 39 heavy (non-hydrogen) atoms. The summed E-state index contributed by atoms with van der Waals surface area (Å²) in [5.74, 6) is -0.432. The molecule has 3 fully saturated rings. The fourth-order valence-corrected chi connectivity index (χ4v) is 6.05. The molecule has 2 aromatic carbocycles. The predicted octanol–water partition coefficient (Wildman–Crippen LogP) is 3.60. The van der Waals surface area contributed by atoms with Crippen LogP contribution in [0, 0.1) is 0 Å². The first-order chi connectivity index (χ1) is 18.5. The van der Waals surface area contributed by atoms with Crippen molar-refractivity contribution in [1.82, 2.24) is 9.80 Å². The average molecular weight is 532 g/mol. The Morgan fingerprint density at radius 1 is 0.897 bits per heavy atom. The van der Waals surface area contributed by atoms with Gasteiger partial charge in [0.1, 0.15) is 12.1 Å². The van der Waals surface area contributed by atoms with E-state index >= 15 is 0 Å². The SMILES string of the molecule is CC(C)(C)OC(=O)N1CCN(c2ccc(C3(C(=O)N4CC[C@@]5(C4)OC(=O)c4ccccc45)CC3)cc2)C(=O)C1. The standard InChI is InChI=1S/C30H33N3O6/c1-28(2,3)39-27(37)31-16-17-33(24(34)18-31)21-10-8-20(9-11-21)29(12-13-29)26(36)32-15-14-30(19-32)23-7-5-4-6-22(23)25(35)38-30/h4-11H,12-19H2,1-3H3/t30-/m0/s1. The van der Waals surface area contributed by atoms with Gasteiger partial charge in [0.2, 0.25) is 11.8 Å². The van der Waals surface area contributed by atoms with Crippen molar-refractivity contribution in [2.24, 2.45) is 0 Å². The first-order valence-electron chi connectivity index (χ1n) is 13.5. The molecule has 2 aromatic rings. The van der Waals surface area contributed by atoms with Gasteiger partial charge in [0.05, 0.1) is 17.5 Å². The van der Waals surface area contributed by atoms with Crippen molar-refractivity contribution in [1.29, 1.82) is 0 Å². The number of likely N-dealkylation sites (tertiary alicyclic amines) is 1. The summed E-state index contributed by atoms with van der Waals surface area (Å²) in [5, 5.41) is 0. The van der Waals surface area contributed by atoms with Crippen LogP contribution in [-0.2, 0) is 30.1 Å². The molecule has 3 amide bonds. The van der Waals surface area contributed by atoms with Gasteiger partial charge in [0, 0.05) is 37.3 Å². The van der Waals surface area contributed by atoms with Gasteiger partial charge in [-0.25, -0.2) is 9.59 Å². The van der Waals surface area contributed by atoms with Crippen molar-refractivity contribution < 1.29 is 28.7 Å². The van der Waals surface area contributed by atoms with Gasteiger partial charge in [0.25, 0.3) is 0 Å². The van der Waals surface area contributed by atoms with Crippen molar-refractivity contribution in [3.63, 3.8) is 0 Å². The molecule has 1 saturated carbocycles. The molecule has 3 heterocycles. The van der Waals surface area contributed by atoms with Crippen molar-refractivity contribution >= 4 is 29.6 Å². The quantitative estimate of drug-likeness (QED) is 0.562. The zero-order chi connectivity index (χ0) is 27.6. The molecule has 2 saturated heterocycles. The van der Waals surface area contributed by atoms with Crippen molar-refractivity contribution in [2.45, 2.75) is 56.7 Å². The van der Waals surface area contributed by atoms with Crippen LogP contribution in [0.4, 0.5) is 10.5 Å². The zero-order valence-electron chi connectivity index (χ0n) is 22.6. The van der Waals surface area contributed by atoms with E-state index in [1.807, 2.05) is 47.4 Å².